The van der Waals surface area contributed by atoms with Crippen molar-refractivity contribution in [1.82, 2.24) is 5.32 Å². The molecule has 0 heterocycles. The lowest BCUT2D eigenvalue weighted by molar-refractivity contribution is -0.0431. The average Bonchev–Trinajstić information content (AvgIpc) is 2.80. The first-order chi connectivity index (χ1) is 11.3. The molecule has 24 heavy (non-hydrogen) atoms. The summed E-state index contributed by atoms with van der Waals surface area (Å²) in [5.41, 5.74) is -0.351. The molecule has 0 aliphatic heterocycles. The van der Waals surface area contributed by atoms with Gasteiger partial charge in [0.05, 0.1) is 18.8 Å². The van der Waals surface area contributed by atoms with E-state index in [1.165, 1.54) is 19.3 Å². The summed E-state index contributed by atoms with van der Waals surface area (Å²) in [5.74, 6) is 0. The van der Waals surface area contributed by atoms with Gasteiger partial charge in [0.2, 0.25) is 0 Å². The van der Waals surface area contributed by atoms with E-state index in [9.17, 15) is 9.90 Å². The van der Waals surface area contributed by atoms with Gasteiger partial charge in [-0.05, 0) is 58.3 Å². The molecule has 5 nitrogen and oxygen atoms in total. The largest absolute Gasteiger partial charge is 0.444 e. The van der Waals surface area contributed by atoms with Crippen LogP contribution in [0.4, 0.5) is 4.79 Å². The third kappa shape index (κ3) is 5.09. The highest BCUT2D eigenvalue weighted by Gasteiger charge is 2.49. The smallest absolute Gasteiger partial charge is 0.407 e. The van der Waals surface area contributed by atoms with Gasteiger partial charge in [-0.15, -0.1) is 0 Å². The number of hydrogen-bond acceptors (Lipinski definition) is 4. The number of carbonyl (C=O) groups excluding carboxylic acids is 1. The minimum atomic E-state index is -0.484. The van der Waals surface area contributed by atoms with E-state index >= 15 is 0 Å². The van der Waals surface area contributed by atoms with E-state index in [1.807, 2.05) is 27.7 Å². The second-order valence-corrected chi connectivity index (χ2v) is 8.53. The van der Waals surface area contributed by atoms with Gasteiger partial charge in [-0.2, -0.15) is 0 Å². The summed E-state index contributed by atoms with van der Waals surface area (Å²) in [7, 11) is 0. The van der Waals surface area contributed by atoms with Crippen LogP contribution >= 0.6 is 0 Å². The molecular weight excluding hydrogens is 306 g/mol. The molecule has 140 valence electrons. The van der Waals surface area contributed by atoms with Crippen molar-refractivity contribution in [2.75, 3.05) is 6.61 Å². The number of nitrogens with one attached hydrogen (secondary N) is 1. The minimum Gasteiger partial charge on any atom is -0.444 e. The van der Waals surface area contributed by atoms with Crippen LogP contribution in [0.2, 0.25) is 0 Å². The zero-order valence-electron chi connectivity index (χ0n) is 15.8. The first-order valence-corrected chi connectivity index (χ1v) is 9.54. The first-order valence-electron chi connectivity index (χ1n) is 9.54. The standard InChI is InChI=1S/C19H35NO4/c1-5-14(13-21)23-15-11-16(20-17(22)24-18(2,3)4)19(12-15)9-7-6-8-10-19/h14-16,21H,5-13H2,1-4H3,(H,20,22)/t14?,15-,16+/m0/s1. The maximum atomic E-state index is 12.3. The van der Waals surface area contributed by atoms with Crippen molar-refractivity contribution in [3.63, 3.8) is 0 Å². The molecule has 0 aromatic rings. The Morgan fingerprint density at radius 3 is 2.50 bits per heavy atom. The van der Waals surface area contributed by atoms with E-state index in [0.717, 1.165) is 32.1 Å². The van der Waals surface area contributed by atoms with Gasteiger partial charge >= 0.3 is 6.09 Å². The van der Waals surface area contributed by atoms with Crippen LogP contribution in [0.1, 0.15) is 79.1 Å². The maximum Gasteiger partial charge on any atom is 0.407 e. The highest BCUT2D eigenvalue weighted by Crippen LogP contribution is 2.50. The van der Waals surface area contributed by atoms with Crippen LogP contribution in [0.15, 0.2) is 0 Å². The Kier molecular flexibility index (Phi) is 6.54. The molecule has 2 saturated carbocycles. The average molecular weight is 341 g/mol. The number of amides is 1. The SMILES string of the molecule is CCC(CO)O[C@H]1C[C@@H](NC(=O)OC(C)(C)C)C2(CCCCC2)C1. The van der Waals surface area contributed by atoms with Crippen LogP contribution in [0.5, 0.6) is 0 Å². The van der Waals surface area contributed by atoms with Gasteiger partial charge in [0.1, 0.15) is 5.60 Å². The molecule has 0 aromatic heterocycles. The molecule has 0 bridgehead atoms. The molecule has 2 rings (SSSR count). The quantitative estimate of drug-likeness (QED) is 0.798. The summed E-state index contributed by atoms with van der Waals surface area (Å²) >= 11 is 0. The van der Waals surface area contributed by atoms with Crippen molar-refractivity contribution in [2.45, 2.75) is 103 Å². The Hall–Kier alpha value is -0.810. The highest BCUT2D eigenvalue weighted by molar-refractivity contribution is 5.68. The number of alkyl carbamates (subject to hydrolysis) is 1. The van der Waals surface area contributed by atoms with Gasteiger partial charge in [-0.1, -0.05) is 26.2 Å². The second-order valence-electron chi connectivity index (χ2n) is 8.53. The fraction of sp³-hybridized carbons (Fsp3) is 0.947. The van der Waals surface area contributed by atoms with Crippen molar-refractivity contribution in [3.05, 3.63) is 0 Å². The van der Waals surface area contributed by atoms with Gasteiger partial charge in [-0.3, -0.25) is 0 Å². The summed E-state index contributed by atoms with van der Waals surface area (Å²) in [4.78, 5) is 12.3. The number of rotatable bonds is 5. The van der Waals surface area contributed by atoms with Crippen LogP contribution in [0.25, 0.3) is 0 Å². The fourth-order valence-electron chi connectivity index (χ4n) is 4.31. The Bertz CT molecular complexity index is 408. The predicted octanol–water partition coefficient (Wildman–Crippen LogP) is 3.78. The Morgan fingerprint density at radius 1 is 1.29 bits per heavy atom. The molecule has 1 spiro atoms. The highest BCUT2D eigenvalue weighted by atomic mass is 16.6. The van der Waals surface area contributed by atoms with Gasteiger partial charge in [0.25, 0.3) is 0 Å². The van der Waals surface area contributed by atoms with E-state index in [-0.39, 0.29) is 36.4 Å². The molecule has 0 saturated heterocycles. The molecule has 2 fully saturated rings. The maximum absolute atomic E-state index is 12.3. The van der Waals surface area contributed by atoms with E-state index < -0.39 is 5.60 Å². The lowest BCUT2D eigenvalue weighted by atomic mass is 9.70. The zero-order valence-corrected chi connectivity index (χ0v) is 15.8. The first kappa shape index (κ1) is 19.5. The van der Waals surface area contributed by atoms with Crippen molar-refractivity contribution in [3.8, 4) is 0 Å². The monoisotopic (exact) mass is 341 g/mol. The third-order valence-electron chi connectivity index (χ3n) is 5.46. The molecule has 0 radical (unpaired) electrons. The molecule has 2 aliphatic rings. The number of ether oxygens (including phenoxy) is 2. The van der Waals surface area contributed by atoms with E-state index in [1.54, 1.807) is 0 Å². The van der Waals surface area contributed by atoms with Crippen LogP contribution < -0.4 is 5.32 Å². The Balaban J connectivity index is 2.03. The molecule has 1 amide bonds. The lowest BCUT2D eigenvalue weighted by Gasteiger charge is -2.39. The normalized spacial score (nSPS) is 27.9. The second kappa shape index (κ2) is 8.05. The summed E-state index contributed by atoms with van der Waals surface area (Å²) in [6, 6.07) is 0.105. The van der Waals surface area contributed by atoms with Gasteiger partial charge < -0.3 is 19.9 Å². The number of aliphatic hydroxyl groups excluding tert-OH is 1. The molecule has 0 aromatic carbocycles. The fourth-order valence-corrected chi connectivity index (χ4v) is 4.31. The van der Waals surface area contributed by atoms with Crippen molar-refractivity contribution < 1.29 is 19.4 Å². The summed E-state index contributed by atoms with van der Waals surface area (Å²) in [6.45, 7) is 7.75. The zero-order chi connectivity index (χ0) is 17.8. The lowest BCUT2D eigenvalue weighted by Crippen LogP contribution is -2.47. The van der Waals surface area contributed by atoms with Crippen molar-refractivity contribution in [1.29, 1.82) is 0 Å². The summed E-state index contributed by atoms with van der Waals surface area (Å²) in [6.07, 6.45) is 8.28. The third-order valence-corrected chi connectivity index (χ3v) is 5.46. The van der Waals surface area contributed by atoms with E-state index in [4.69, 9.17) is 9.47 Å². The van der Waals surface area contributed by atoms with Crippen molar-refractivity contribution >= 4 is 6.09 Å². The van der Waals surface area contributed by atoms with Crippen LogP contribution in [-0.4, -0.2) is 41.7 Å². The van der Waals surface area contributed by atoms with Crippen LogP contribution in [0, 0.1) is 5.41 Å². The molecule has 3 atom stereocenters. The number of aliphatic hydroxyl groups is 1. The van der Waals surface area contributed by atoms with Crippen LogP contribution in [-0.2, 0) is 9.47 Å². The molecular formula is C19H35NO4. The Morgan fingerprint density at radius 2 is 1.96 bits per heavy atom. The topological polar surface area (TPSA) is 67.8 Å². The van der Waals surface area contributed by atoms with Gasteiger partial charge in [0, 0.05) is 6.04 Å². The Labute approximate surface area is 146 Å². The van der Waals surface area contributed by atoms with Crippen LogP contribution in [0.3, 0.4) is 0 Å². The van der Waals surface area contributed by atoms with Gasteiger partial charge in [0.15, 0.2) is 0 Å². The minimum absolute atomic E-state index is 0.0597. The molecule has 5 heteroatoms. The summed E-state index contributed by atoms with van der Waals surface area (Å²) in [5, 5.41) is 12.5. The molecule has 1 unspecified atom stereocenters. The number of carbonyl (C=O) groups is 1. The predicted molar refractivity (Wildman–Crippen MR) is 93.9 cm³/mol. The van der Waals surface area contributed by atoms with E-state index in [2.05, 4.69) is 5.32 Å². The number of hydrogen-bond donors (Lipinski definition) is 2. The van der Waals surface area contributed by atoms with Crippen molar-refractivity contribution in [2.24, 2.45) is 5.41 Å². The van der Waals surface area contributed by atoms with E-state index in [0.29, 0.717) is 0 Å². The molecule has 2 N–H and O–H groups in total. The summed E-state index contributed by atoms with van der Waals surface area (Å²) < 4.78 is 11.6. The molecule has 2 aliphatic carbocycles. The van der Waals surface area contributed by atoms with Gasteiger partial charge in [-0.25, -0.2) is 4.79 Å².